The van der Waals surface area contributed by atoms with E-state index in [2.05, 4.69) is 17.1 Å². The van der Waals surface area contributed by atoms with E-state index >= 15 is 0 Å². The van der Waals surface area contributed by atoms with Gasteiger partial charge >= 0.3 is 0 Å². The number of rotatable bonds is 2. The first kappa shape index (κ1) is 14.9. The van der Waals surface area contributed by atoms with Gasteiger partial charge in [0.1, 0.15) is 5.69 Å². The molecule has 0 aliphatic carbocycles. The van der Waals surface area contributed by atoms with E-state index in [1.54, 1.807) is 18.4 Å². The molecule has 1 aliphatic heterocycles. The molecule has 3 aromatic heterocycles. The van der Waals surface area contributed by atoms with Crippen molar-refractivity contribution in [2.75, 3.05) is 13.1 Å². The third-order valence-corrected chi connectivity index (χ3v) is 4.57. The summed E-state index contributed by atoms with van der Waals surface area (Å²) in [6, 6.07) is 5.39. The number of hydrogen-bond acceptors (Lipinski definition) is 5. The maximum atomic E-state index is 13.1. The molecule has 1 saturated heterocycles. The van der Waals surface area contributed by atoms with Crippen LogP contribution in [0.5, 0.6) is 0 Å². The number of amides is 1. The predicted octanol–water partition coefficient (Wildman–Crippen LogP) is 3.66. The summed E-state index contributed by atoms with van der Waals surface area (Å²) in [4.78, 5) is 19.5. The van der Waals surface area contributed by atoms with Crippen molar-refractivity contribution >= 4 is 17.0 Å². The number of likely N-dealkylation sites (tertiary alicyclic amines) is 1. The Morgan fingerprint density at radius 1 is 1.42 bits per heavy atom. The van der Waals surface area contributed by atoms with Gasteiger partial charge in [-0.2, -0.15) is 0 Å². The molecule has 1 amide bonds. The lowest BCUT2D eigenvalue weighted by Gasteiger charge is -2.31. The van der Waals surface area contributed by atoms with Gasteiger partial charge in [-0.05, 0) is 43.9 Å². The Hall–Kier alpha value is -2.63. The van der Waals surface area contributed by atoms with E-state index in [4.69, 9.17) is 8.94 Å². The normalized spacial score (nSPS) is 18.2. The van der Waals surface area contributed by atoms with Crippen LogP contribution in [-0.4, -0.2) is 34.0 Å². The van der Waals surface area contributed by atoms with E-state index < -0.39 is 0 Å². The fraction of sp³-hybridized carbons (Fsp3) is 0.389. The number of nitrogens with zero attached hydrogens (tertiary/aromatic N) is 3. The van der Waals surface area contributed by atoms with Gasteiger partial charge in [0, 0.05) is 13.1 Å². The van der Waals surface area contributed by atoms with Crippen LogP contribution in [0.15, 0.2) is 33.4 Å². The number of aryl methyl sites for hydroxylation is 1. The highest BCUT2D eigenvalue weighted by Gasteiger charge is 2.26. The van der Waals surface area contributed by atoms with E-state index in [0.717, 1.165) is 19.5 Å². The third-order valence-electron chi connectivity index (χ3n) is 4.57. The molecule has 0 aromatic carbocycles. The molecule has 1 atom stereocenters. The Kier molecular flexibility index (Phi) is 3.59. The van der Waals surface area contributed by atoms with Crippen LogP contribution < -0.4 is 0 Å². The molecule has 0 N–H and O–H groups in total. The fourth-order valence-electron chi connectivity index (χ4n) is 3.36. The Morgan fingerprint density at radius 3 is 3.04 bits per heavy atom. The minimum atomic E-state index is 0.00746. The van der Waals surface area contributed by atoms with Crippen molar-refractivity contribution in [1.82, 2.24) is 15.0 Å². The number of pyridine rings is 1. The number of hydrogen-bond donors (Lipinski definition) is 0. The average molecular weight is 325 g/mol. The van der Waals surface area contributed by atoms with Gasteiger partial charge < -0.3 is 13.8 Å². The molecule has 0 saturated carbocycles. The maximum absolute atomic E-state index is 13.1. The molecule has 0 spiro atoms. The number of piperidine rings is 1. The first-order chi connectivity index (χ1) is 11.6. The minimum absolute atomic E-state index is 0.00746. The topological polar surface area (TPSA) is 72.4 Å². The predicted molar refractivity (Wildman–Crippen MR) is 88.5 cm³/mol. The minimum Gasteiger partial charge on any atom is -0.463 e. The second-order valence-corrected chi connectivity index (χ2v) is 6.48. The fourth-order valence-corrected chi connectivity index (χ4v) is 3.36. The van der Waals surface area contributed by atoms with Gasteiger partial charge in [0.05, 0.1) is 22.9 Å². The quantitative estimate of drug-likeness (QED) is 0.719. The molecule has 0 unspecified atom stereocenters. The van der Waals surface area contributed by atoms with Crippen LogP contribution in [0.2, 0.25) is 0 Å². The largest absolute Gasteiger partial charge is 0.463 e. The van der Waals surface area contributed by atoms with E-state index in [9.17, 15) is 4.79 Å². The summed E-state index contributed by atoms with van der Waals surface area (Å²) in [7, 11) is 0. The van der Waals surface area contributed by atoms with Gasteiger partial charge in [-0.15, -0.1) is 0 Å². The van der Waals surface area contributed by atoms with E-state index in [-0.39, 0.29) is 5.91 Å². The summed E-state index contributed by atoms with van der Waals surface area (Å²) >= 11 is 0. The van der Waals surface area contributed by atoms with E-state index in [1.807, 2.05) is 17.9 Å². The molecule has 3 aromatic rings. The smallest absolute Gasteiger partial charge is 0.259 e. The lowest BCUT2D eigenvalue weighted by Crippen LogP contribution is -2.39. The highest BCUT2D eigenvalue weighted by atomic mass is 16.5. The summed E-state index contributed by atoms with van der Waals surface area (Å²) in [6.45, 7) is 5.58. The van der Waals surface area contributed by atoms with Crippen molar-refractivity contribution < 1.29 is 13.7 Å². The monoisotopic (exact) mass is 325 g/mol. The third kappa shape index (κ3) is 2.48. The van der Waals surface area contributed by atoms with Crippen LogP contribution in [0.25, 0.3) is 22.6 Å². The Morgan fingerprint density at radius 2 is 2.29 bits per heavy atom. The zero-order chi connectivity index (χ0) is 16.7. The molecule has 1 aliphatic rings. The Balaban J connectivity index is 1.83. The van der Waals surface area contributed by atoms with Crippen molar-refractivity contribution in [2.24, 2.45) is 5.92 Å². The van der Waals surface area contributed by atoms with Crippen molar-refractivity contribution in [2.45, 2.75) is 26.7 Å². The Labute approximate surface area is 139 Å². The number of fused-ring (bicyclic) bond motifs is 1. The van der Waals surface area contributed by atoms with Gasteiger partial charge in [0.2, 0.25) is 0 Å². The SMILES string of the molecule is Cc1noc2nc(-c3ccco3)cc(C(=O)N3CCC[C@H](C)C3)c12. The van der Waals surface area contributed by atoms with Crippen LogP contribution in [-0.2, 0) is 0 Å². The first-order valence-corrected chi connectivity index (χ1v) is 8.23. The summed E-state index contributed by atoms with van der Waals surface area (Å²) in [5.41, 5.74) is 2.21. The van der Waals surface area contributed by atoms with Gasteiger partial charge in [0.25, 0.3) is 11.6 Å². The lowest BCUT2D eigenvalue weighted by atomic mass is 9.99. The van der Waals surface area contributed by atoms with Crippen LogP contribution in [0, 0.1) is 12.8 Å². The molecular formula is C18H19N3O3. The summed E-state index contributed by atoms with van der Waals surface area (Å²) < 4.78 is 10.7. The zero-order valence-electron chi connectivity index (χ0n) is 13.8. The summed E-state index contributed by atoms with van der Waals surface area (Å²) in [6.07, 6.45) is 3.79. The first-order valence-electron chi connectivity index (χ1n) is 8.23. The number of carbonyl (C=O) groups is 1. The van der Waals surface area contributed by atoms with Crippen molar-refractivity contribution in [1.29, 1.82) is 0 Å². The zero-order valence-corrected chi connectivity index (χ0v) is 13.8. The number of carbonyl (C=O) groups excluding carboxylic acids is 1. The molecule has 124 valence electrons. The lowest BCUT2D eigenvalue weighted by molar-refractivity contribution is 0.0685. The molecular weight excluding hydrogens is 306 g/mol. The van der Waals surface area contributed by atoms with Crippen LogP contribution in [0.3, 0.4) is 0 Å². The molecule has 1 fully saturated rings. The van der Waals surface area contributed by atoms with Gasteiger partial charge in [0.15, 0.2) is 5.76 Å². The highest BCUT2D eigenvalue weighted by molar-refractivity contribution is 6.06. The second kappa shape index (κ2) is 5.78. The molecule has 0 radical (unpaired) electrons. The van der Waals surface area contributed by atoms with Gasteiger partial charge in [-0.25, -0.2) is 4.98 Å². The van der Waals surface area contributed by atoms with Gasteiger partial charge in [-0.1, -0.05) is 12.1 Å². The van der Waals surface area contributed by atoms with Crippen LogP contribution in [0.4, 0.5) is 0 Å². The van der Waals surface area contributed by atoms with Crippen molar-refractivity contribution in [3.05, 3.63) is 35.7 Å². The molecule has 24 heavy (non-hydrogen) atoms. The molecule has 4 rings (SSSR count). The van der Waals surface area contributed by atoms with Crippen LogP contribution >= 0.6 is 0 Å². The van der Waals surface area contributed by atoms with E-state index in [0.29, 0.717) is 39.7 Å². The maximum Gasteiger partial charge on any atom is 0.259 e. The average Bonchev–Trinajstić information content (AvgIpc) is 3.24. The van der Waals surface area contributed by atoms with Crippen molar-refractivity contribution in [3.8, 4) is 11.5 Å². The number of furan rings is 1. The number of aromatic nitrogens is 2. The molecule has 6 heteroatoms. The van der Waals surface area contributed by atoms with Crippen LogP contribution in [0.1, 0.15) is 35.8 Å². The summed E-state index contributed by atoms with van der Waals surface area (Å²) in [5, 5.41) is 4.67. The standard InChI is InChI=1S/C18H19N3O3/c1-11-5-3-7-21(10-11)18(22)13-9-14(15-6-4-8-23-15)19-17-16(13)12(2)20-24-17/h4,6,8-9,11H,3,5,7,10H2,1-2H3/t11-/m0/s1. The molecule has 0 bridgehead atoms. The highest BCUT2D eigenvalue weighted by Crippen LogP contribution is 2.29. The second-order valence-electron chi connectivity index (χ2n) is 6.48. The van der Waals surface area contributed by atoms with Crippen molar-refractivity contribution in [3.63, 3.8) is 0 Å². The molecule has 4 heterocycles. The van der Waals surface area contributed by atoms with E-state index in [1.165, 1.54) is 6.42 Å². The summed E-state index contributed by atoms with van der Waals surface area (Å²) in [5.74, 6) is 1.13. The Bertz CT molecular complexity index is 882. The molecule has 6 nitrogen and oxygen atoms in total. The van der Waals surface area contributed by atoms with Gasteiger partial charge in [-0.3, -0.25) is 4.79 Å².